The van der Waals surface area contributed by atoms with Crippen LogP contribution in [-0.4, -0.2) is 42.1 Å². The van der Waals surface area contributed by atoms with Crippen LogP contribution in [0.5, 0.6) is 0 Å². The summed E-state index contributed by atoms with van der Waals surface area (Å²) in [4.78, 5) is 32.2. The van der Waals surface area contributed by atoms with Crippen LogP contribution < -0.4 is 0 Å². The normalized spacial score (nSPS) is 12.3. The van der Waals surface area contributed by atoms with Crippen molar-refractivity contribution in [1.82, 2.24) is 29.5 Å². The number of aryl methyl sites for hydroxylation is 2. The molecule has 0 fully saturated rings. The molecule has 0 aliphatic rings. The number of nitrogens with zero attached hydrogens (tertiary/aromatic N) is 6. The molecule has 4 aromatic rings. The molecule has 0 saturated carbocycles. The molecule has 0 aromatic carbocycles. The number of pyridine rings is 1. The van der Waals surface area contributed by atoms with Crippen molar-refractivity contribution in [2.75, 3.05) is 6.61 Å². The summed E-state index contributed by atoms with van der Waals surface area (Å²) < 4.78 is 7.94. The van der Waals surface area contributed by atoms with Gasteiger partial charge in [-0.2, -0.15) is 5.10 Å². The minimum atomic E-state index is -0.736. The van der Waals surface area contributed by atoms with Gasteiger partial charge in [0.2, 0.25) is 0 Å². The van der Waals surface area contributed by atoms with E-state index in [-0.39, 0.29) is 12.6 Å². The van der Waals surface area contributed by atoms with E-state index in [0.29, 0.717) is 35.0 Å². The number of ether oxygens (including phenoxy) is 1. The lowest BCUT2D eigenvalue weighted by Crippen LogP contribution is -2.21. The van der Waals surface area contributed by atoms with Gasteiger partial charge in [0.25, 0.3) is 0 Å². The molecule has 4 aromatic heterocycles. The quantitative estimate of drug-likeness (QED) is 0.347. The molecule has 0 amide bonds. The van der Waals surface area contributed by atoms with Crippen LogP contribution in [-0.2, 0) is 16.0 Å². The van der Waals surface area contributed by atoms with Crippen LogP contribution in [0.4, 0.5) is 0 Å². The summed E-state index contributed by atoms with van der Waals surface area (Å²) in [6.07, 6.45) is 4.89. The molecular formula is C21H21BrN6O2S. The van der Waals surface area contributed by atoms with Gasteiger partial charge in [-0.15, -0.1) is 11.3 Å². The van der Waals surface area contributed by atoms with Crippen molar-refractivity contribution >= 4 is 38.9 Å². The molecule has 1 atom stereocenters. The van der Waals surface area contributed by atoms with Crippen LogP contribution in [0.3, 0.4) is 0 Å². The maximum Gasteiger partial charge on any atom is 0.320 e. The van der Waals surface area contributed by atoms with E-state index < -0.39 is 5.92 Å². The summed E-state index contributed by atoms with van der Waals surface area (Å²) in [5.41, 5.74) is 5.25. The fourth-order valence-electron chi connectivity index (χ4n) is 3.53. The summed E-state index contributed by atoms with van der Waals surface area (Å²) in [5.74, 6) is -0.453. The maximum absolute atomic E-state index is 13.3. The Morgan fingerprint density at radius 2 is 2.10 bits per heavy atom. The van der Waals surface area contributed by atoms with Crippen LogP contribution in [0.2, 0.25) is 0 Å². The fraction of sp³-hybridized carbons (Fsp3) is 0.333. The molecule has 10 heteroatoms. The van der Waals surface area contributed by atoms with E-state index >= 15 is 0 Å². The van der Waals surface area contributed by atoms with E-state index in [1.165, 1.54) is 11.3 Å². The fourth-order valence-corrected chi connectivity index (χ4v) is 4.85. The van der Waals surface area contributed by atoms with Crippen LogP contribution in [0, 0.1) is 6.92 Å². The van der Waals surface area contributed by atoms with Gasteiger partial charge in [0.1, 0.15) is 29.5 Å². The van der Waals surface area contributed by atoms with Gasteiger partial charge in [0.15, 0.2) is 5.65 Å². The summed E-state index contributed by atoms with van der Waals surface area (Å²) in [5, 5.41) is 4.38. The van der Waals surface area contributed by atoms with Crippen molar-refractivity contribution in [3.8, 4) is 11.4 Å². The predicted molar refractivity (Wildman–Crippen MR) is 121 cm³/mol. The zero-order valence-corrected chi connectivity index (χ0v) is 19.8. The second-order valence-corrected chi connectivity index (χ2v) is 8.61. The van der Waals surface area contributed by atoms with E-state index in [2.05, 4.69) is 47.9 Å². The van der Waals surface area contributed by atoms with Crippen molar-refractivity contribution in [3.05, 3.63) is 56.6 Å². The second-order valence-electron chi connectivity index (χ2n) is 6.87. The summed E-state index contributed by atoms with van der Waals surface area (Å²) >= 11 is 4.94. The van der Waals surface area contributed by atoms with Gasteiger partial charge in [-0.1, -0.05) is 13.3 Å². The van der Waals surface area contributed by atoms with E-state index in [9.17, 15) is 4.79 Å². The van der Waals surface area contributed by atoms with E-state index in [1.807, 2.05) is 19.1 Å². The molecule has 4 heterocycles. The molecule has 4 rings (SSSR count). The first-order chi connectivity index (χ1) is 15.0. The van der Waals surface area contributed by atoms with E-state index in [4.69, 9.17) is 4.74 Å². The Morgan fingerprint density at radius 3 is 2.84 bits per heavy atom. The molecule has 160 valence electrons. The first kappa shape index (κ1) is 21.5. The lowest BCUT2D eigenvalue weighted by atomic mass is 9.95. The molecule has 0 aliphatic carbocycles. The number of carbonyl (C=O) groups is 1. The molecular weight excluding hydrogens is 480 g/mol. The zero-order valence-electron chi connectivity index (χ0n) is 17.4. The standard InChI is InChI=1S/C21H21BrN6O2S/c1-4-7-13-16(24-10-28-20(13)26-12(3)27-28)15(21(29)30-5-2)19-18(25-11-31-19)17-14(22)8-6-9-23-17/h6,8-11,15H,4-5,7H2,1-3H3. The molecule has 0 N–H and O–H groups in total. The van der Waals surface area contributed by atoms with Crippen LogP contribution in [0.15, 0.2) is 34.6 Å². The number of fused-ring (bicyclic) bond motifs is 1. The Bertz CT molecular complexity index is 1240. The number of carbonyl (C=O) groups excluding carboxylic acids is 1. The Balaban J connectivity index is 1.95. The maximum atomic E-state index is 13.3. The Morgan fingerprint density at radius 1 is 1.26 bits per heavy atom. The first-order valence-corrected chi connectivity index (χ1v) is 11.6. The van der Waals surface area contributed by atoms with Crippen LogP contribution >= 0.6 is 27.3 Å². The monoisotopic (exact) mass is 500 g/mol. The van der Waals surface area contributed by atoms with Gasteiger partial charge in [-0.25, -0.2) is 19.5 Å². The highest BCUT2D eigenvalue weighted by Gasteiger charge is 2.34. The number of hydrogen-bond donors (Lipinski definition) is 0. The predicted octanol–water partition coefficient (Wildman–Crippen LogP) is 4.36. The SMILES string of the molecule is CCCc1c(C(C(=O)OCC)c2scnc2-c2ncccc2Br)ncn2nc(C)nc12. The second kappa shape index (κ2) is 9.19. The lowest BCUT2D eigenvalue weighted by molar-refractivity contribution is -0.143. The number of hydrogen-bond acceptors (Lipinski definition) is 8. The topological polar surface area (TPSA) is 95.2 Å². The number of thiazole rings is 1. The van der Waals surface area contributed by atoms with Crippen molar-refractivity contribution in [1.29, 1.82) is 0 Å². The number of halogens is 1. The van der Waals surface area contributed by atoms with Gasteiger partial charge in [-0.05, 0) is 48.3 Å². The largest absolute Gasteiger partial charge is 0.465 e. The van der Waals surface area contributed by atoms with Crippen molar-refractivity contribution < 1.29 is 9.53 Å². The van der Waals surface area contributed by atoms with Crippen molar-refractivity contribution in [2.45, 2.75) is 39.5 Å². The molecule has 0 radical (unpaired) electrons. The lowest BCUT2D eigenvalue weighted by Gasteiger charge is -2.18. The summed E-state index contributed by atoms with van der Waals surface area (Å²) in [7, 11) is 0. The minimum Gasteiger partial charge on any atom is -0.465 e. The number of rotatable bonds is 7. The highest BCUT2D eigenvalue weighted by molar-refractivity contribution is 9.10. The number of aromatic nitrogens is 6. The minimum absolute atomic E-state index is 0.270. The summed E-state index contributed by atoms with van der Waals surface area (Å²) in [6.45, 7) is 5.99. The Hall–Kier alpha value is -2.72. The zero-order chi connectivity index (χ0) is 22.0. The van der Waals surface area contributed by atoms with Crippen LogP contribution in [0.1, 0.15) is 48.1 Å². The molecule has 8 nitrogen and oxygen atoms in total. The Labute approximate surface area is 191 Å². The third kappa shape index (κ3) is 4.09. The highest BCUT2D eigenvalue weighted by Crippen LogP contribution is 2.39. The highest BCUT2D eigenvalue weighted by atomic mass is 79.9. The third-order valence-corrected chi connectivity index (χ3v) is 6.29. The van der Waals surface area contributed by atoms with Crippen molar-refractivity contribution in [3.63, 3.8) is 0 Å². The smallest absolute Gasteiger partial charge is 0.320 e. The average Bonchev–Trinajstić information content (AvgIpc) is 3.37. The average molecular weight is 501 g/mol. The molecule has 1 unspecified atom stereocenters. The van der Waals surface area contributed by atoms with Gasteiger partial charge >= 0.3 is 5.97 Å². The molecule has 0 spiro atoms. The van der Waals surface area contributed by atoms with E-state index in [1.54, 1.807) is 29.5 Å². The van der Waals surface area contributed by atoms with Gasteiger partial charge < -0.3 is 4.74 Å². The molecule has 31 heavy (non-hydrogen) atoms. The molecule has 0 saturated heterocycles. The van der Waals surface area contributed by atoms with Crippen molar-refractivity contribution in [2.24, 2.45) is 0 Å². The third-order valence-electron chi connectivity index (χ3n) is 4.76. The van der Waals surface area contributed by atoms with Gasteiger partial charge in [-0.3, -0.25) is 9.78 Å². The first-order valence-electron chi connectivity index (χ1n) is 9.96. The Kier molecular flexibility index (Phi) is 6.38. The molecule has 0 aliphatic heterocycles. The van der Waals surface area contributed by atoms with Gasteiger partial charge in [0.05, 0.1) is 22.7 Å². The van der Waals surface area contributed by atoms with Crippen LogP contribution in [0.25, 0.3) is 17.0 Å². The summed E-state index contributed by atoms with van der Waals surface area (Å²) in [6, 6.07) is 3.74. The van der Waals surface area contributed by atoms with E-state index in [0.717, 1.165) is 21.3 Å². The van der Waals surface area contributed by atoms with Gasteiger partial charge in [0, 0.05) is 16.2 Å². The molecule has 0 bridgehead atoms. The number of esters is 1.